The molecule has 0 aliphatic heterocycles. The van der Waals surface area contributed by atoms with E-state index < -0.39 is 5.91 Å². The molecule has 1 heterocycles. The van der Waals surface area contributed by atoms with Crippen molar-refractivity contribution >= 4 is 29.0 Å². The van der Waals surface area contributed by atoms with Gasteiger partial charge in [-0.15, -0.1) is 11.3 Å². The zero-order valence-corrected chi connectivity index (χ0v) is 14.8. The van der Waals surface area contributed by atoms with Crippen LogP contribution in [0.3, 0.4) is 0 Å². The summed E-state index contributed by atoms with van der Waals surface area (Å²) in [6.45, 7) is 1.87. The molecule has 26 heavy (non-hydrogen) atoms. The van der Waals surface area contributed by atoms with Gasteiger partial charge in [0.1, 0.15) is 23.1 Å². The number of aryl methyl sites for hydroxylation is 1. The van der Waals surface area contributed by atoms with Crippen molar-refractivity contribution in [1.29, 1.82) is 5.26 Å². The summed E-state index contributed by atoms with van der Waals surface area (Å²) in [7, 11) is 0. The summed E-state index contributed by atoms with van der Waals surface area (Å²) in [5.41, 5.74) is 1.18. The number of carbonyl (C=O) groups excluding carboxylic acids is 1. The molecule has 2 aromatic carbocycles. The molecular weight excluding hydrogens is 346 g/mol. The summed E-state index contributed by atoms with van der Waals surface area (Å²) in [6, 6.07) is 18.3. The van der Waals surface area contributed by atoms with E-state index in [1.54, 1.807) is 29.6 Å². The van der Waals surface area contributed by atoms with Crippen LogP contribution in [-0.4, -0.2) is 10.9 Å². The molecule has 0 aliphatic rings. The van der Waals surface area contributed by atoms with E-state index in [4.69, 9.17) is 4.74 Å². The molecule has 3 rings (SSSR count). The minimum Gasteiger partial charge on any atom is -0.457 e. The molecule has 0 fully saturated rings. The largest absolute Gasteiger partial charge is 0.457 e. The first-order chi connectivity index (χ1) is 12.6. The van der Waals surface area contributed by atoms with Gasteiger partial charge < -0.3 is 10.1 Å². The van der Waals surface area contributed by atoms with Gasteiger partial charge in [0.15, 0.2) is 0 Å². The van der Waals surface area contributed by atoms with Crippen molar-refractivity contribution in [1.82, 2.24) is 4.98 Å². The zero-order valence-electron chi connectivity index (χ0n) is 14.0. The number of rotatable bonds is 5. The molecular formula is C20H15N3O2S. The zero-order chi connectivity index (χ0) is 18.4. The number of ether oxygens (including phenoxy) is 1. The second kappa shape index (κ2) is 8.10. The van der Waals surface area contributed by atoms with Crippen molar-refractivity contribution in [3.63, 3.8) is 0 Å². The molecule has 0 bridgehead atoms. The highest BCUT2D eigenvalue weighted by Crippen LogP contribution is 2.23. The molecule has 128 valence electrons. The summed E-state index contributed by atoms with van der Waals surface area (Å²) in [5.74, 6) is 0.913. The molecule has 0 atom stereocenters. The Labute approximate surface area is 155 Å². The molecule has 0 unspecified atom stereocenters. The normalized spacial score (nSPS) is 10.8. The van der Waals surface area contributed by atoms with Crippen LogP contribution in [0.4, 0.5) is 5.69 Å². The summed E-state index contributed by atoms with van der Waals surface area (Å²) in [4.78, 5) is 16.5. The highest BCUT2D eigenvalue weighted by atomic mass is 32.1. The molecule has 0 saturated carbocycles. The Bertz CT molecular complexity index is 970. The Balaban J connectivity index is 1.67. The van der Waals surface area contributed by atoms with E-state index >= 15 is 0 Å². The topological polar surface area (TPSA) is 75.0 Å². The summed E-state index contributed by atoms with van der Waals surface area (Å²) < 4.78 is 5.70. The van der Waals surface area contributed by atoms with E-state index in [9.17, 15) is 10.1 Å². The van der Waals surface area contributed by atoms with Crippen molar-refractivity contribution in [2.24, 2.45) is 0 Å². The third kappa shape index (κ3) is 4.56. The number of nitriles is 1. The van der Waals surface area contributed by atoms with Gasteiger partial charge in [0.05, 0.1) is 10.7 Å². The number of carbonyl (C=O) groups is 1. The fourth-order valence-electron chi connectivity index (χ4n) is 2.17. The Hall–Kier alpha value is -3.43. The summed E-state index contributed by atoms with van der Waals surface area (Å²) in [6.07, 6.45) is 1.48. The number of anilines is 1. The average Bonchev–Trinajstić information content (AvgIpc) is 3.07. The number of nitrogens with one attached hydrogen (secondary N) is 1. The Morgan fingerprint density at radius 1 is 1.15 bits per heavy atom. The fourth-order valence-corrected chi connectivity index (χ4v) is 2.74. The molecule has 5 nitrogen and oxygen atoms in total. The number of amides is 1. The minimum absolute atomic E-state index is 0.0000814. The summed E-state index contributed by atoms with van der Waals surface area (Å²) in [5, 5.41) is 14.6. The predicted molar refractivity (Wildman–Crippen MR) is 102 cm³/mol. The van der Waals surface area contributed by atoms with Crippen LogP contribution in [0.25, 0.3) is 6.08 Å². The molecule has 0 spiro atoms. The molecule has 3 aromatic rings. The average molecular weight is 361 g/mol. The van der Waals surface area contributed by atoms with E-state index in [0.717, 1.165) is 10.8 Å². The van der Waals surface area contributed by atoms with Crippen LogP contribution in [0.5, 0.6) is 11.5 Å². The molecule has 1 aromatic heterocycles. The second-order valence-electron chi connectivity index (χ2n) is 5.35. The minimum atomic E-state index is -0.477. The van der Waals surface area contributed by atoms with Crippen LogP contribution in [-0.2, 0) is 4.79 Å². The first kappa shape index (κ1) is 17.4. The SMILES string of the molecule is Cc1nc(/C=C(\C#N)C(=O)Nc2ccc(Oc3ccccc3)cc2)cs1. The first-order valence-corrected chi connectivity index (χ1v) is 8.70. The lowest BCUT2D eigenvalue weighted by Crippen LogP contribution is -2.13. The third-order valence-electron chi connectivity index (χ3n) is 3.39. The maximum Gasteiger partial charge on any atom is 0.266 e. The van der Waals surface area contributed by atoms with Gasteiger partial charge in [-0.1, -0.05) is 18.2 Å². The van der Waals surface area contributed by atoms with Crippen LogP contribution in [0.15, 0.2) is 65.6 Å². The predicted octanol–water partition coefficient (Wildman–Crippen LogP) is 4.79. The standard InChI is InChI=1S/C20H15N3O2S/c1-14-22-17(13-26-14)11-15(12-21)20(24)23-16-7-9-19(10-8-16)25-18-5-3-2-4-6-18/h2-11,13H,1H3,(H,23,24)/b15-11+. The molecule has 0 radical (unpaired) electrons. The van der Waals surface area contributed by atoms with Crippen LogP contribution in [0.1, 0.15) is 10.7 Å². The lowest BCUT2D eigenvalue weighted by Gasteiger charge is -2.07. The van der Waals surface area contributed by atoms with Crippen molar-refractivity contribution in [3.05, 3.63) is 76.3 Å². The number of aromatic nitrogens is 1. The van der Waals surface area contributed by atoms with Crippen molar-refractivity contribution in [3.8, 4) is 17.6 Å². The van der Waals surface area contributed by atoms with Gasteiger partial charge in [0, 0.05) is 11.1 Å². The first-order valence-electron chi connectivity index (χ1n) is 7.82. The number of hydrogen-bond donors (Lipinski definition) is 1. The van der Waals surface area contributed by atoms with Gasteiger partial charge in [-0.2, -0.15) is 5.26 Å². The molecule has 6 heteroatoms. The summed E-state index contributed by atoms with van der Waals surface area (Å²) >= 11 is 1.46. The Morgan fingerprint density at radius 3 is 2.46 bits per heavy atom. The van der Waals surface area contributed by atoms with Crippen LogP contribution >= 0.6 is 11.3 Å². The van der Waals surface area contributed by atoms with Crippen molar-refractivity contribution < 1.29 is 9.53 Å². The van der Waals surface area contributed by atoms with Crippen LogP contribution in [0, 0.1) is 18.3 Å². The van der Waals surface area contributed by atoms with Gasteiger partial charge in [-0.25, -0.2) is 4.98 Å². The number of benzene rings is 2. The molecule has 0 aliphatic carbocycles. The lowest BCUT2D eigenvalue weighted by atomic mass is 10.2. The Morgan fingerprint density at radius 2 is 1.85 bits per heavy atom. The quantitative estimate of drug-likeness (QED) is 0.524. The highest BCUT2D eigenvalue weighted by Gasteiger charge is 2.10. The lowest BCUT2D eigenvalue weighted by molar-refractivity contribution is -0.112. The van der Waals surface area contributed by atoms with Gasteiger partial charge in [0.25, 0.3) is 5.91 Å². The van der Waals surface area contributed by atoms with E-state index in [1.807, 2.05) is 43.3 Å². The fraction of sp³-hybridized carbons (Fsp3) is 0.0500. The van der Waals surface area contributed by atoms with Gasteiger partial charge in [-0.3, -0.25) is 4.79 Å². The van der Waals surface area contributed by atoms with Crippen molar-refractivity contribution in [2.75, 3.05) is 5.32 Å². The second-order valence-corrected chi connectivity index (χ2v) is 6.42. The van der Waals surface area contributed by atoms with Crippen LogP contribution < -0.4 is 10.1 Å². The van der Waals surface area contributed by atoms with Gasteiger partial charge >= 0.3 is 0 Å². The number of para-hydroxylation sites is 1. The smallest absolute Gasteiger partial charge is 0.266 e. The number of nitrogens with zero attached hydrogens (tertiary/aromatic N) is 2. The molecule has 1 N–H and O–H groups in total. The number of thiazole rings is 1. The maximum atomic E-state index is 12.3. The molecule has 0 saturated heterocycles. The monoisotopic (exact) mass is 361 g/mol. The molecule has 1 amide bonds. The highest BCUT2D eigenvalue weighted by molar-refractivity contribution is 7.09. The number of hydrogen-bond acceptors (Lipinski definition) is 5. The van der Waals surface area contributed by atoms with E-state index in [0.29, 0.717) is 17.1 Å². The van der Waals surface area contributed by atoms with Gasteiger partial charge in [0.2, 0.25) is 0 Å². The maximum absolute atomic E-state index is 12.3. The third-order valence-corrected chi connectivity index (χ3v) is 4.18. The van der Waals surface area contributed by atoms with E-state index in [1.165, 1.54) is 17.4 Å². The van der Waals surface area contributed by atoms with Crippen molar-refractivity contribution in [2.45, 2.75) is 6.92 Å². The van der Waals surface area contributed by atoms with E-state index in [-0.39, 0.29) is 5.57 Å². The Kier molecular flexibility index (Phi) is 5.42. The van der Waals surface area contributed by atoms with Gasteiger partial charge in [-0.05, 0) is 49.4 Å². The van der Waals surface area contributed by atoms with Crippen LogP contribution in [0.2, 0.25) is 0 Å². The van der Waals surface area contributed by atoms with E-state index in [2.05, 4.69) is 10.3 Å².